The molecule has 0 aliphatic heterocycles. The molecule has 6 nitrogen and oxygen atoms in total. The van der Waals surface area contributed by atoms with E-state index in [-0.39, 0.29) is 22.4 Å². The van der Waals surface area contributed by atoms with Crippen LogP contribution < -0.4 is 0 Å². The van der Waals surface area contributed by atoms with Crippen LogP contribution in [0, 0.1) is 0 Å². The Morgan fingerprint density at radius 2 is 2.12 bits per heavy atom. The van der Waals surface area contributed by atoms with Crippen LogP contribution in [0.4, 0.5) is 0 Å². The van der Waals surface area contributed by atoms with Crippen molar-refractivity contribution in [3.05, 3.63) is 11.4 Å². The fraction of sp³-hybridized carbons (Fsp3) is 0.556. The van der Waals surface area contributed by atoms with Gasteiger partial charge in [0.15, 0.2) is 5.69 Å². The number of carbonyl (C=O) groups excluding carboxylic acids is 1. The molecular weight excluding hydrogens is 268 g/mol. The van der Waals surface area contributed by atoms with Crippen molar-refractivity contribution >= 4 is 25.7 Å². The van der Waals surface area contributed by atoms with E-state index in [9.17, 15) is 13.2 Å². The van der Waals surface area contributed by atoms with Crippen LogP contribution in [0.2, 0.25) is 0 Å². The third kappa shape index (κ3) is 3.19. The number of H-pyrrole nitrogens is 1. The molecule has 0 bridgehead atoms. The molecule has 1 rings (SSSR count). The Bertz CT molecular complexity index is 521. The molecular formula is C9H13ClN2O4S. The van der Waals surface area contributed by atoms with Gasteiger partial charge in [0.05, 0.1) is 11.8 Å². The SMILES string of the molecule is CCc1[nH]nc(C(=O)OC(C)C)c1S(=O)(=O)Cl. The van der Waals surface area contributed by atoms with Gasteiger partial charge in [0.1, 0.15) is 4.90 Å². The molecule has 0 unspecified atom stereocenters. The topological polar surface area (TPSA) is 89.1 Å². The maximum absolute atomic E-state index is 11.6. The molecule has 0 fully saturated rings. The Kier molecular flexibility index (Phi) is 4.16. The highest BCUT2D eigenvalue weighted by atomic mass is 35.7. The molecule has 1 aromatic rings. The van der Waals surface area contributed by atoms with Crippen molar-refractivity contribution in [2.45, 2.75) is 38.2 Å². The molecule has 8 heteroatoms. The lowest BCUT2D eigenvalue weighted by molar-refractivity contribution is 0.0366. The monoisotopic (exact) mass is 280 g/mol. The molecule has 96 valence electrons. The Balaban J connectivity index is 3.27. The van der Waals surface area contributed by atoms with Crippen molar-refractivity contribution in [1.82, 2.24) is 10.2 Å². The number of rotatable bonds is 4. The van der Waals surface area contributed by atoms with E-state index < -0.39 is 15.0 Å². The molecule has 1 N–H and O–H groups in total. The number of hydrogen-bond acceptors (Lipinski definition) is 5. The van der Waals surface area contributed by atoms with Gasteiger partial charge in [-0.05, 0) is 20.3 Å². The third-order valence-corrected chi connectivity index (χ3v) is 3.32. The zero-order valence-corrected chi connectivity index (χ0v) is 11.2. The van der Waals surface area contributed by atoms with E-state index in [2.05, 4.69) is 10.2 Å². The van der Waals surface area contributed by atoms with Crippen LogP contribution in [-0.4, -0.2) is 30.7 Å². The standard InChI is InChI=1S/C9H13ClN2O4S/c1-4-6-8(17(10,14)15)7(12-11-6)9(13)16-5(2)3/h5H,4H2,1-3H3,(H,11,12). The molecule has 0 aliphatic rings. The molecule has 0 aliphatic carbocycles. The Morgan fingerprint density at radius 3 is 2.53 bits per heavy atom. The average molecular weight is 281 g/mol. The molecule has 0 amide bonds. The van der Waals surface area contributed by atoms with Gasteiger partial charge in [0, 0.05) is 10.7 Å². The summed E-state index contributed by atoms with van der Waals surface area (Å²) in [5, 5.41) is 6.11. The lowest BCUT2D eigenvalue weighted by Gasteiger charge is -2.06. The molecule has 1 heterocycles. The minimum Gasteiger partial charge on any atom is -0.458 e. The summed E-state index contributed by atoms with van der Waals surface area (Å²) in [6.07, 6.45) is -0.00127. The number of aromatic nitrogens is 2. The second kappa shape index (κ2) is 5.05. The van der Waals surface area contributed by atoms with Crippen molar-refractivity contribution in [2.75, 3.05) is 0 Å². The number of nitrogens with zero attached hydrogens (tertiary/aromatic N) is 1. The number of aromatic amines is 1. The van der Waals surface area contributed by atoms with Crippen LogP contribution in [0.5, 0.6) is 0 Å². The maximum Gasteiger partial charge on any atom is 0.360 e. The maximum atomic E-state index is 11.6. The number of nitrogens with one attached hydrogen (secondary N) is 1. The van der Waals surface area contributed by atoms with Crippen LogP contribution in [0.15, 0.2) is 4.90 Å². The van der Waals surface area contributed by atoms with E-state index in [1.54, 1.807) is 20.8 Å². The predicted octanol–water partition coefficient (Wildman–Crippen LogP) is 1.46. The highest BCUT2D eigenvalue weighted by Crippen LogP contribution is 2.23. The molecule has 1 aromatic heterocycles. The van der Waals surface area contributed by atoms with Gasteiger partial charge < -0.3 is 4.74 Å². The quantitative estimate of drug-likeness (QED) is 0.666. The van der Waals surface area contributed by atoms with E-state index in [1.807, 2.05) is 0 Å². The number of hydrogen-bond donors (Lipinski definition) is 1. The largest absolute Gasteiger partial charge is 0.458 e. The second-order valence-corrected chi connectivity index (χ2v) is 6.13. The fourth-order valence-corrected chi connectivity index (χ4v) is 2.62. The number of ether oxygens (including phenoxy) is 1. The summed E-state index contributed by atoms with van der Waals surface area (Å²) >= 11 is 0. The number of esters is 1. The lowest BCUT2D eigenvalue weighted by Crippen LogP contribution is -2.14. The van der Waals surface area contributed by atoms with E-state index in [1.165, 1.54) is 0 Å². The minimum atomic E-state index is -4.04. The van der Waals surface area contributed by atoms with E-state index >= 15 is 0 Å². The van der Waals surface area contributed by atoms with Gasteiger partial charge in [0.2, 0.25) is 0 Å². The molecule has 0 aromatic carbocycles. The first kappa shape index (κ1) is 14.0. The van der Waals surface area contributed by atoms with E-state index in [0.717, 1.165) is 0 Å². The summed E-state index contributed by atoms with van der Waals surface area (Å²) in [5.74, 6) is -0.810. The first-order chi connectivity index (χ1) is 7.77. The highest BCUT2D eigenvalue weighted by Gasteiger charge is 2.29. The first-order valence-corrected chi connectivity index (χ1v) is 7.31. The number of aryl methyl sites for hydroxylation is 1. The van der Waals surface area contributed by atoms with Gasteiger partial charge in [0.25, 0.3) is 9.05 Å². The van der Waals surface area contributed by atoms with Crippen LogP contribution in [0.25, 0.3) is 0 Å². The van der Waals surface area contributed by atoms with Crippen molar-refractivity contribution in [1.29, 1.82) is 0 Å². The molecule has 0 atom stereocenters. The van der Waals surface area contributed by atoms with Crippen molar-refractivity contribution in [2.24, 2.45) is 0 Å². The van der Waals surface area contributed by atoms with Crippen LogP contribution >= 0.6 is 10.7 Å². The summed E-state index contributed by atoms with van der Waals surface area (Å²) in [6, 6.07) is 0. The number of carbonyl (C=O) groups is 1. The Labute approximate surface area is 104 Å². The van der Waals surface area contributed by atoms with Crippen LogP contribution in [-0.2, 0) is 20.2 Å². The zero-order chi connectivity index (χ0) is 13.2. The lowest BCUT2D eigenvalue weighted by atomic mass is 10.3. The summed E-state index contributed by atoms with van der Waals surface area (Å²) in [6.45, 7) is 5.02. The second-order valence-electron chi connectivity index (χ2n) is 3.63. The van der Waals surface area contributed by atoms with Gasteiger partial charge in [-0.15, -0.1) is 0 Å². The molecule has 0 spiro atoms. The highest BCUT2D eigenvalue weighted by molar-refractivity contribution is 8.13. The predicted molar refractivity (Wildman–Crippen MR) is 61.6 cm³/mol. The smallest absolute Gasteiger partial charge is 0.360 e. The van der Waals surface area contributed by atoms with Gasteiger partial charge >= 0.3 is 5.97 Å². The van der Waals surface area contributed by atoms with E-state index in [0.29, 0.717) is 6.42 Å². The normalized spacial score (nSPS) is 11.8. The van der Waals surface area contributed by atoms with Gasteiger partial charge in [-0.25, -0.2) is 13.2 Å². The molecule has 0 radical (unpaired) electrons. The van der Waals surface area contributed by atoms with Crippen LogP contribution in [0.3, 0.4) is 0 Å². The van der Waals surface area contributed by atoms with Gasteiger partial charge in [-0.2, -0.15) is 5.10 Å². The summed E-state index contributed by atoms with van der Waals surface area (Å²) in [7, 11) is 1.24. The zero-order valence-electron chi connectivity index (χ0n) is 9.65. The number of halogens is 1. The van der Waals surface area contributed by atoms with Crippen molar-refractivity contribution in [3.63, 3.8) is 0 Å². The summed E-state index contributed by atoms with van der Waals surface area (Å²) < 4.78 is 27.7. The molecule has 0 saturated heterocycles. The van der Waals surface area contributed by atoms with E-state index in [4.69, 9.17) is 15.4 Å². The summed E-state index contributed by atoms with van der Waals surface area (Å²) in [5.41, 5.74) is -0.0127. The third-order valence-electron chi connectivity index (χ3n) is 1.93. The van der Waals surface area contributed by atoms with Gasteiger partial charge in [-0.1, -0.05) is 6.92 Å². The van der Waals surface area contributed by atoms with Crippen molar-refractivity contribution < 1.29 is 17.9 Å². The van der Waals surface area contributed by atoms with Crippen molar-refractivity contribution in [3.8, 4) is 0 Å². The Morgan fingerprint density at radius 1 is 1.53 bits per heavy atom. The Hall–Kier alpha value is -1.08. The van der Waals surface area contributed by atoms with Crippen LogP contribution in [0.1, 0.15) is 37.0 Å². The minimum absolute atomic E-state index is 0.288. The summed E-state index contributed by atoms with van der Waals surface area (Å²) in [4.78, 5) is 11.3. The molecule has 0 saturated carbocycles. The fourth-order valence-electron chi connectivity index (χ4n) is 1.28. The average Bonchev–Trinajstić information content (AvgIpc) is 2.58. The first-order valence-electron chi connectivity index (χ1n) is 5.00. The molecule has 17 heavy (non-hydrogen) atoms. The van der Waals surface area contributed by atoms with Gasteiger partial charge in [-0.3, -0.25) is 5.10 Å².